The number of aromatic nitrogens is 2. The Hall–Kier alpha value is -1.65. The highest BCUT2D eigenvalue weighted by Gasteiger charge is 2.16. The molecule has 5 nitrogen and oxygen atoms in total. The van der Waals surface area contributed by atoms with Crippen LogP contribution in [0.1, 0.15) is 37.3 Å². The molecule has 0 saturated carbocycles. The number of amides is 1. The largest absolute Gasteiger partial charge is 0.354 e. The molecule has 0 radical (unpaired) electrons. The third kappa shape index (κ3) is 2.92. The molecule has 1 aromatic rings. The first-order chi connectivity index (χ1) is 7.56. The van der Waals surface area contributed by atoms with Crippen LogP contribution in [0.25, 0.3) is 0 Å². The summed E-state index contributed by atoms with van der Waals surface area (Å²) < 4.78 is 1.56. The number of rotatable bonds is 5. The zero-order chi connectivity index (χ0) is 12.1. The molecule has 5 heteroatoms. The number of carbonyl (C=O) groups excluding carboxylic acids is 2. The Morgan fingerprint density at radius 3 is 2.81 bits per heavy atom. The molecule has 1 N–H and O–H groups in total. The first kappa shape index (κ1) is 12.4. The van der Waals surface area contributed by atoms with Gasteiger partial charge in [0.05, 0.1) is 12.5 Å². The van der Waals surface area contributed by atoms with E-state index in [-0.39, 0.29) is 5.91 Å². The van der Waals surface area contributed by atoms with Gasteiger partial charge in [-0.05, 0) is 12.8 Å². The van der Waals surface area contributed by atoms with Crippen LogP contribution in [0.2, 0.25) is 0 Å². The van der Waals surface area contributed by atoms with E-state index in [0.29, 0.717) is 24.4 Å². The van der Waals surface area contributed by atoms with Crippen LogP contribution < -0.4 is 5.32 Å². The Morgan fingerprint density at radius 2 is 2.25 bits per heavy atom. The van der Waals surface area contributed by atoms with Crippen molar-refractivity contribution < 1.29 is 9.59 Å². The van der Waals surface area contributed by atoms with Crippen molar-refractivity contribution in [1.82, 2.24) is 14.9 Å². The summed E-state index contributed by atoms with van der Waals surface area (Å²) in [5.74, 6) is 0.305. The second-order valence-corrected chi connectivity index (χ2v) is 4.16. The van der Waals surface area contributed by atoms with Crippen LogP contribution in [0.15, 0.2) is 12.5 Å². The van der Waals surface area contributed by atoms with Crippen LogP contribution in [-0.2, 0) is 4.79 Å². The Bertz CT molecular complexity index is 371. The summed E-state index contributed by atoms with van der Waals surface area (Å²) in [5.41, 5.74) is 0.409. The van der Waals surface area contributed by atoms with E-state index in [0.717, 1.165) is 0 Å². The summed E-state index contributed by atoms with van der Waals surface area (Å²) in [7, 11) is 0. The second-order valence-electron chi connectivity index (χ2n) is 4.16. The van der Waals surface area contributed by atoms with Crippen LogP contribution in [-0.4, -0.2) is 28.3 Å². The molecule has 0 fully saturated rings. The van der Waals surface area contributed by atoms with Gasteiger partial charge in [-0.1, -0.05) is 13.8 Å². The first-order valence-corrected chi connectivity index (χ1v) is 5.31. The minimum Gasteiger partial charge on any atom is -0.354 e. The number of nitrogens with zero attached hydrogens (tertiary/aromatic N) is 2. The highest BCUT2D eigenvalue weighted by Crippen LogP contribution is 2.08. The minimum absolute atomic E-state index is 0.102. The summed E-state index contributed by atoms with van der Waals surface area (Å²) >= 11 is 0. The lowest BCUT2D eigenvalue weighted by molar-refractivity contribution is -0.124. The quantitative estimate of drug-likeness (QED) is 0.758. The van der Waals surface area contributed by atoms with Crippen LogP contribution in [0.4, 0.5) is 0 Å². The number of hydrogen-bond acceptors (Lipinski definition) is 3. The molecule has 1 amide bonds. The molecule has 1 aromatic heterocycles. The van der Waals surface area contributed by atoms with Gasteiger partial charge in [0.2, 0.25) is 5.91 Å². The van der Waals surface area contributed by atoms with Gasteiger partial charge in [0, 0.05) is 6.54 Å². The van der Waals surface area contributed by atoms with E-state index >= 15 is 0 Å². The van der Waals surface area contributed by atoms with Crippen molar-refractivity contribution in [3.05, 3.63) is 18.2 Å². The van der Waals surface area contributed by atoms with Gasteiger partial charge in [-0.2, -0.15) is 0 Å². The number of nitrogens with one attached hydrogen (secondary N) is 1. The highest BCUT2D eigenvalue weighted by molar-refractivity contribution is 5.81. The van der Waals surface area contributed by atoms with Crippen LogP contribution in [0.3, 0.4) is 0 Å². The molecule has 16 heavy (non-hydrogen) atoms. The normalized spacial score (nSPS) is 12.5. The zero-order valence-corrected chi connectivity index (χ0v) is 9.80. The van der Waals surface area contributed by atoms with Crippen molar-refractivity contribution in [2.75, 3.05) is 6.54 Å². The molecule has 88 valence electrons. The average Bonchev–Trinajstić information content (AvgIpc) is 2.72. The zero-order valence-electron chi connectivity index (χ0n) is 9.80. The molecule has 0 bridgehead atoms. The fourth-order valence-corrected chi connectivity index (χ4v) is 1.31. The smallest absolute Gasteiger partial charge is 0.242 e. The maximum absolute atomic E-state index is 11.7. The molecule has 0 aliphatic heterocycles. The van der Waals surface area contributed by atoms with Crippen molar-refractivity contribution in [3.8, 4) is 0 Å². The van der Waals surface area contributed by atoms with Crippen molar-refractivity contribution in [2.45, 2.75) is 26.8 Å². The Balaban J connectivity index is 2.66. The van der Waals surface area contributed by atoms with Crippen molar-refractivity contribution in [2.24, 2.45) is 5.92 Å². The average molecular weight is 223 g/mol. The van der Waals surface area contributed by atoms with Crippen LogP contribution >= 0.6 is 0 Å². The molecule has 1 unspecified atom stereocenters. The molecule has 1 atom stereocenters. The molecule has 0 aromatic carbocycles. The molecule has 0 aliphatic rings. The lowest BCUT2D eigenvalue weighted by Crippen LogP contribution is -2.33. The van der Waals surface area contributed by atoms with Gasteiger partial charge in [0.1, 0.15) is 11.7 Å². The molecular weight excluding hydrogens is 206 g/mol. The first-order valence-electron chi connectivity index (χ1n) is 5.31. The Labute approximate surface area is 94.9 Å². The third-order valence-corrected chi connectivity index (χ3v) is 2.30. The van der Waals surface area contributed by atoms with E-state index in [1.165, 1.54) is 12.5 Å². The maximum atomic E-state index is 11.7. The third-order valence-electron chi connectivity index (χ3n) is 2.30. The predicted molar refractivity (Wildman–Crippen MR) is 60.2 cm³/mol. The SMILES string of the molecule is CC(C)CNC(=O)C(C)n1cncc1C=O. The summed E-state index contributed by atoms with van der Waals surface area (Å²) in [6.07, 6.45) is 3.63. The van der Waals surface area contributed by atoms with Crippen molar-refractivity contribution in [3.63, 3.8) is 0 Å². The fourth-order valence-electron chi connectivity index (χ4n) is 1.31. The summed E-state index contributed by atoms with van der Waals surface area (Å²) in [6.45, 7) is 6.43. The van der Waals surface area contributed by atoms with Crippen LogP contribution in [0, 0.1) is 5.92 Å². The van der Waals surface area contributed by atoms with Crippen molar-refractivity contribution >= 4 is 12.2 Å². The van der Waals surface area contributed by atoms with Crippen LogP contribution in [0.5, 0.6) is 0 Å². The predicted octanol–water partition coefficient (Wildman–Crippen LogP) is 1.03. The standard InChI is InChI=1S/C11H17N3O2/c1-8(2)4-13-11(16)9(3)14-7-12-5-10(14)6-15/h5-9H,4H2,1-3H3,(H,13,16). The van der Waals surface area contributed by atoms with Gasteiger partial charge in [0.25, 0.3) is 0 Å². The lowest BCUT2D eigenvalue weighted by Gasteiger charge is -2.15. The number of carbonyl (C=O) groups is 2. The van der Waals surface area contributed by atoms with Gasteiger partial charge in [-0.3, -0.25) is 9.59 Å². The molecule has 0 saturated heterocycles. The van der Waals surface area contributed by atoms with E-state index in [9.17, 15) is 9.59 Å². The van der Waals surface area contributed by atoms with Gasteiger partial charge in [-0.25, -0.2) is 4.98 Å². The maximum Gasteiger partial charge on any atom is 0.242 e. The minimum atomic E-state index is -0.415. The molecule has 0 spiro atoms. The lowest BCUT2D eigenvalue weighted by atomic mass is 10.2. The molecule has 0 aliphatic carbocycles. The number of hydrogen-bond donors (Lipinski definition) is 1. The van der Waals surface area contributed by atoms with E-state index < -0.39 is 6.04 Å². The van der Waals surface area contributed by atoms with E-state index in [1.54, 1.807) is 11.5 Å². The molecular formula is C11H17N3O2. The summed E-state index contributed by atoms with van der Waals surface area (Å²) in [4.78, 5) is 26.3. The second kappa shape index (κ2) is 5.44. The highest BCUT2D eigenvalue weighted by atomic mass is 16.2. The summed E-state index contributed by atoms with van der Waals surface area (Å²) in [6, 6.07) is -0.415. The fraction of sp³-hybridized carbons (Fsp3) is 0.545. The molecule has 1 heterocycles. The van der Waals surface area contributed by atoms with Gasteiger partial charge >= 0.3 is 0 Å². The summed E-state index contributed by atoms with van der Waals surface area (Å²) in [5, 5.41) is 2.82. The Morgan fingerprint density at radius 1 is 1.56 bits per heavy atom. The monoisotopic (exact) mass is 223 g/mol. The number of imidazole rings is 1. The Kier molecular flexibility index (Phi) is 4.22. The van der Waals surface area contributed by atoms with E-state index in [1.807, 2.05) is 13.8 Å². The number of aldehydes is 1. The van der Waals surface area contributed by atoms with E-state index in [4.69, 9.17) is 0 Å². The van der Waals surface area contributed by atoms with Gasteiger partial charge < -0.3 is 9.88 Å². The van der Waals surface area contributed by atoms with E-state index in [2.05, 4.69) is 10.3 Å². The van der Waals surface area contributed by atoms with Crippen molar-refractivity contribution in [1.29, 1.82) is 0 Å². The van der Waals surface area contributed by atoms with Gasteiger partial charge in [-0.15, -0.1) is 0 Å². The van der Waals surface area contributed by atoms with Gasteiger partial charge in [0.15, 0.2) is 6.29 Å². The molecule has 1 rings (SSSR count). The topological polar surface area (TPSA) is 64.0 Å².